The molecule has 0 aliphatic heterocycles. The summed E-state index contributed by atoms with van der Waals surface area (Å²) in [5.41, 5.74) is 3.95. The summed E-state index contributed by atoms with van der Waals surface area (Å²) >= 11 is 6.53. The molecule has 4 rings (SSSR count). The molecule has 0 bridgehead atoms. The molecule has 0 saturated heterocycles. The van der Waals surface area contributed by atoms with Crippen molar-refractivity contribution in [3.63, 3.8) is 0 Å². The SMILES string of the molecule is Clc1c(-c2ccccc2)ccc2c1nnn2CC1CC1. The highest BCUT2D eigenvalue weighted by molar-refractivity contribution is 6.37. The van der Waals surface area contributed by atoms with Crippen LogP contribution < -0.4 is 0 Å². The summed E-state index contributed by atoms with van der Waals surface area (Å²) < 4.78 is 1.98. The Balaban J connectivity index is 1.83. The second kappa shape index (κ2) is 4.60. The Morgan fingerprint density at radius 3 is 2.65 bits per heavy atom. The summed E-state index contributed by atoms with van der Waals surface area (Å²) in [6, 6.07) is 14.3. The number of hydrogen-bond donors (Lipinski definition) is 0. The lowest BCUT2D eigenvalue weighted by molar-refractivity contribution is 0.559. The van der Waals surface area contributed by atoms with Crippen molar-refractivity contribution in [2.24, 2.45) is 5.92 Å². The monoisotopic (exact) mass is 283 g/mol. The van der Waals surface area contributed by atoms with Gasteiger partial charge in [0.1, 0.15) is 5.52 Å². The van der Waals surface area contributed by atoms with Crippen molar-refractivity contribution >= 4 is 22.6 Å². The molecular weight excluding hydrogens is 270 g/mol. The van der Waals surface area contributed by atoms with E-state index in [0.29, 0.717) is 5.02 Å². The van der Waals surface area contributed by atoms with Gasteiger partial charge in [0, 0.05) is 12.1 Å². The second-order valence-corrected chi connectivity index (χ2v) is 5.75. The maximum Gasteiger partial charge on any atom is 0.132 e. The van der Waals surface area contributed by atoms with Crippen LogP contribution in [0.2, 0.25) is 5.02 Å². The van der Waals surface area contributed by atoms with Crippen LogP contribution in [-0.2, 0) is 6.54 Å². The predicted octanol–water partition coefficient (Wildman–Crippen LogP) is 4.16. The number of rotatable bonds is 3. The van der Waals surface area contributed by atoms with Crippen molar-refractivity contribution in [1.82, 2.24) is 15.0 Å². The van der Waals surface area contributed by atoms with E-state index >= 15 is 0 Å². The Labute approximate surface area is 122 Å². The first-order valence-electron chi connectivity index (χ1n) is 6.90. The lowest BCUT2D eigenvalue weighted by Gasteiger charge is -2.05. The van der Waals surface area contributed by atoms with Gasteiger partial charge in [0.25, 0.3) is 0 Å². The van der Waals surface area contributed by atoms with Gasteiger partial charge in [-0.1, -0.05) is 53.2 Å². The molecule has 4 heteroatoms. The molecule has 0 N–H and O–H groups in total. The van der Waals surface area contributed by atoms with E-state index in [-0.39, 0.29) is 0 Å². The fraction of sp³-hybridized carbons (Fsp3) is 0.250. The molecule has 0 amide bonds. The maximum absolute atomic E-state index is 6.53. The number of benzene rings is 2. The summed E-state index contributed by atoms with van der Waals surface area (Å²) in [6.07, 6.45) is 2.61. The summed E-state index contributed by atoms with van der Waals surface area (Å²) in [5.74, 6) is 0.771. The van der Waals surface area contributed by atoms with Crippen molar-refractivity contribution in [3.8, 4) is 11.1 Å². The van der Waals surface area contributed by atoms with Crippen LogP contribution in [-0.4, -0.2) is 15.0 Å². The topological polar surface area (TPSA) is 30.7 Å². The van der Waals surface area contributed by atoms with E-state index in [1.807, 2.05) is 22.9 Å². The van der Waals surface area contributed by atoms with Crippen molar-refractivity contribution in [2.75, 3.05) is 0 Å². The third kappa shape index (κ3) is 1.98. The van der Waals surface area contributed by atoms with Crippen LogP contribution in [0.5, 0.6) is 0 Å². The van der Waals surface area contributed by atoms with E-state index in [9.17, 15) is 0 Å². The third-order valence-electron chi connectivity index (χ3n) is 3.84. The average Bonchev–Trinajstić information content (AvgIpc) is 3.20. The Morgan fingerprint density at radius 2 is 1.90 bits per heavy atom. The third-order valence-corrected chi connectivity index (χ3v) is 4.22. The highest BCUT2D eigenvalue weighted by atomic mass is 35.5. The number of halogens is 1. The molecule has 3 aromatic rings. The minimum Gasteiger partial charge on any atom is -0.244 e. The Bertz CT molecular complexity index is 760. The lowest BCUT2D eigenvalue weighted by atomic mass is 10.1. The normalized spacial score (nSPS) is 14.8. The zero-order valence-electron chi connectivity index (χ0n) is 11.0. The molecule has 1 fully saturated rings. The molecule has 2 aromatic carbocycles. The molecule has 100 valence electrons. The summed E-state index contributed by atoms with van der Waals surface area (Å²) in [4.78, 5) is 0. The van der Waals surface area contributed by atoms with E-state index in [0.717, 1.165) is 34.6 Å². The molecule has 1 aliphatic carbocycles. The van der Waals surface area contributed by atoms with Crippen molar-refractivity contribution in [3.05, 3.63) is 47.5 Å². The van der Waals surface area contributed by atoms with Gasteiger partial charge in [-0.2, -0.15) is 0 Å². The molecule has 1 heterocycles. The van der Waals surface area contributed by atoms with Crippen LogP contribution in [0.1, 0.15) is 12.8 Å². The van der Waals surface area contributed by atoms with Crippen LogP contribution in [0.15, 0.2) is 42.5 Å². The van der Waals surface area contributed by atoms with Crippen LogP contribution >= 0.6 is 11.6 Å². The number of aromatic nitrogens is 3. The fourth-order valence-corrected chi connectivity index (χ4v) is 2.83. The van der Waals surface area contributed by atoms with Gasteiger partial charge in [-0.3, -0.25) is 0 Å². The number of fused-ring (bicyclic) bond motifs is 1. The van der Waals surface area contributed by atoms with E-state index in [1.165, 1.54) is 12.8 Å². The first-order chi connectivity index (χ1) is 9.83. The molecular formula is C16H14ClN3. The molecule has 1 aliphatic rings. The van der Waals surface area contributed by atoms with Crippen molar-refractivity contribution in [1.29, 1.82) is 0 Å². The minimum absolute atomic E-state index is 0.691. The molecule has 20 heavy (non-hydrogen) atoms. The molecule has 0 spiro atoms. The maximum atomic E-state index is 6.53. The van der Waals surface area contributed by atoms with E-state index in [2.05, 4.69) is 34.6 Å². The van der Waals surface area contributed by atoms with Gasteiger partial charge < -0.3 is 0 Å². The minimum atomic E-state index is 0.691. The lowest BCUT2D eigenvalue weighted by Crippen LogP contribution is -2.01. The quantitative estimate of drug-likeness (QED) is 0.722. The largest absolute Gasteiger partial charge is 0.244 e. The van der Waals surface area contributed by atoms with Crippen LogP contribution in [0, 0.1) is 5.92 Å². The number of nitrogens with zero attached hydrogens (tertiary/aromatic N) is 3. The first kappa shape index (κ1) is 11.9. The zero-order chi connectivity index (χ0) is 13.5. The van der Waals surface area contributed by atoms with Gasteiger partial charge in [0.15, 0.2) is 0 Å². The molecule has 1 aromatic heterocycles. The average molecular weight is 284 g/mol. The highest BCUT2D eigenvalue weighted by Crippen LogP contribution is 2.35. The van der Waals surface area contributed by atoms with Crippen molar-refractivity contribution < 1.29 is 0 Å². The standard InChI is InChI=1S/C16H14ClN3/c17-15-13(12-4-2-1-3-5-12)8-9-14-16(15)18-19-20(14)10-11-6-7-11/h1-5,8-9,11H,6-7,10H2. The molecule has 0 unspecified atom stereocenters. The van der Waals surface area contributed by atoms with Crippen molar-refractivity contribution in [2.45, 2.75) is 19.4 Å². The predicted molar refractivity (Wildman–Crippen MR) is 80.7 cm³/mol. The summed E-state index contributed by atoms with van der Waals surface area (Å²) in [5, 5.41) is 9.21. The van der Waals surface area contributed by atoms with Gasteiger partial charge in [-0.05, 0) is 30.4 Å². The zero-order valence-corrected chi connectivity index (χ0v) is 11.7. The van der Waals surface area contributed by atoms with Gasteiger partial charge in [0.05, 0.1) is 10.5 Å². The van der Waals surface area contributed by atoms with Crippen LogP contribution in [0.25, 0.3) is 22.2 Å². The Hall–Kier alpha value is -1.87. The number of hydrogen-bond acceptors (Lipinski definition) is 2. The highest BCUT2D eigenvalue weighted by Gasteiger charge is 2.23. The van der Waals surface area contributed by atoms with Gasteiger partial charge in [-0.15, -0.1) is 5.10 Å². The second-order valence-electron chi connectivity index (χ2n) is 5.38. The van der Waals surface area contributed by atoms with Gasteiger partial charge >= 0.3 is 0 Å². The Kier molecular flexibility index (Phi) is 2.74. The van der Waals surface area contributed by atoms with E-state index in [1.54, 1.807) is 0 Å². The smallest absolute Gasteiger partial charge is 0.132 e. The summed E-state index contributed by atoms with van der Waals surface area (Å²) in [6.45, 7) is 0.956. The molecule has 0 radical (unpaired) electrons. The molecule has 3 nitrogen and oxygen atoms in total. The molecule has 1 saturated carbocycles. The van der Waals surface area contributed by atoms with Gasteiger partial charge in [-0.25, -0.2) is 4.68 Å². The summed E-state index contributed by atoms with van der Waals surface area (Å²) in [7, 11) is 0. The van der Waals surface area contributed by atoms with E-state index < -0.39 is 0 Å². The Morgan fingerprint density at radius 1 is 1.10 bits per heavy atom. The van der Waals surface area contributed by atoms with Crippen LogP contribution in [0.4, 0.5) is 0 Å². The molecule has 0 atom stereocenters. The van der Waals surface area contributed by atoms with Gasteiger partial charge in [0.2, 0.25) is 0 Å². The fourth-order valence-electron chi connectivity index (χ4n) is 2.53. The van der Waals surface area contributed by atoms with E-state index in [4.69, 9.17) is 11.6 Å². The first-order valence-corrected chi connectivity index (χ1v) is 7.28. The van der Waals surface area contributed by atoms with Crippen LogP contribution in [0.3, 0.4) is 0 Å².